The number of halogens is 1. The van der Waals surface area contributed by atoms with Crippen molar-refractivity contribution in [1.29, 1.82) is 0 Å². The Morgan fingerprint density at radius 1 is 1.45 bits per heavy atom. The van der Waals surface area contributed by atoms with Crippen LogP contribution in [0.4, 0.5) is 0 Å². The SMILES string of the molecule is Cc1cc(COc2cccc(Cl)c2CC(C)N)n(C)n1. The average molecular weight is 294 g/mol. The van der Waals surface area contributed by atoms with Gasteiger partial charge in [0.05, 0.1) is 11.4 Å². The van der Waals surface area contributed by atoms with Crippen molar-refractivity contribution < 1.29 is 4.74 Å². The number of rotatable bonds is 5. The molecule has 0 aliphatic carbocycles. The van der Waals surface area contributed by atoms with Crippen LogP contribution >= 0.6 is 11.6 Å². The monoisotopic (exact) mass is 293 g/mol. The molecule has 2 aromatic rings. The molecule has 1 aromatic heterocycles. The van der Waals surface area contributed by atoms with E-state index in [2.05, 4.69) is 5.10 Å². The van der Waals surface area contributed by atoms with Crippen molar-refractivity contribution >= 4 is 11.6 Å². The molecule has 0 saturated carbocycles. The third-order valence-electron chi connectivity index (χ3n) is 3.08. The summed E-state index contributed by atoms with van der Waals surface area (Å²) in [7, 11) is 1.91. The molecule has 0 aliphatic heterocycles. The number of aromatic nitrogens is 2. The van der Waals surface area contributed by atoms with Gasteiger partial charge in [-0.05, 0) is 38.5 Å². The second kappa shape index (κ2) is 6.29. The Kier molecular flexibility index (Phi) is 4.68. The molecule has 4 nitrogen and oxygen atoms in total. The number of benzene rings is 1. The van der Waals surface area contributed by atoms with E-state index in [9.17, 15) is 0 Å². The highest BCUT2D eigenvalue weighted by Gasteiger charge is 2.11. The van der Waals surface area contributed by atoms with Crippen molar-refractivity contribution in [2.75, 3.05) is 0 Å². The average Bonchev–Trinajstić information content (AvgIpc) is 2.68. The van der Waals surface area contributed by atoms with Crippen molar-refractivity contribution in [2.45, 2.75) is 32.9 Å². The highest BCUT2D eigenvalue weighted by Crippen LogP contribution is 2.28. The van der Waals surface area contributed by atoms with E-state index in [1.165, 1.54) is 0 Å². The van der Waals surface area contributed by atoms with E-state index in [1.54, 1.807) is 0 Å². The number of ether oxygens (including phenoxy) is 1. The number of hydrogen-bond donors (Lipinski definition) is 1. The van der Waals surface area contributed by atoms with Crippen LogP contribution in [0.3, 0.4) is 0 Å². The Hall–Kier alpha value is -1.52. The van der Waals surface area contributed by atoms with Crippen LogP contribution in [-0.4, -0.2) is 15.8 Å². The summed E-state index contributed by atoms with van der Waals surface area (Å²) < 4.78 is 7.72. The lowest BCUT2D eigenvalue weighted by Gasteiger charge is -2.14. The van der Waals surface area contributed by atoms with Crippen LogP contribution in [0.5, 0.6) is 5.75 Å². The zero-order valence-electron chi connectivity index (χ0n) is 12.1. The lowest BCUT2D eigenvalue weighted by molar-refractivity contribution is 0.291. The molecule has 0 radical (unpaired) electrons. The Morgan fingerprint density at radius 3 is 2.80 bits per heavy atom. The molecule has 0 fully saturated rings. The molecular formula is C15H20ClN3O. The molecule has 5 heteroatoms. The van der Waals surface area contributed by atoms with Gasteiger partial charge in [-0.25, -0.2) is 0 Å². The van der Waals surface area contributed by atoms with E-state index >= 15 is 0 Å². The second-order valence-corrected chi connectivity index (χ2v) is 5.49. The quantitative estimate of drug-likeness (QED) is 0.922. The van der Waals surface area contributed by atoms with Crippen LogP contribution in [-0.2, 0) is 20.1 Å². The third-order valence-corrected chi connectivity index (χ3v) is 3.43. The van der Waals surface area contributed by atoms with Crippen molar-refractivity contribution in [3.8, 4) is 5.75 Å². The van der Waals surface area contributed by atoms with Gasteiger partial charge in [-0.2, -0.15) is 5.10 Å². The van der Waals surface area contributed by atoms with Crippen molar-refractivity contribution in [1.82, 2.24) is 9.78 Å². The van der Waals surface area contributed by atoms with Crippen LogP contribution in [0.15, 0.2) is 24.3 Å². The summed E-state index contributed by atoms with van der Waals surface area (Å²) in [5.74, 6) is 0.786. The Morgan fingerprint density at radius 2 is 2.20 bits per heavy atom. The lowest BCUT2D eigenvalue weighted by Crippen LogP contribution is -2.18. The van der Waals surface area contributed by atoms with Gasteiger partial charge in [-0.1, -0.05) is 17.7 Å². The van der Waals surface area contributed by atoms with E-state index in [0.29, 0.717) is 18.1 Å². The molecule has 2 rings (SSSR count). The summed E-state index contributed by atoms with van der Waals surface area (Å²) in [5, 5.41) is 5.00. The molecule has 20 heavy (non-hydrogen) atoms. The zero-order valence-corrected chi connectivity index (χ0v) is 12.8. The number of hydrogen-bond acceptors (Lipinski definition) is 3. The van der Waals surface area contributed by atoms with Crippen LogP contribution < -0.4 is 10.5 Å². The molecule has 108 valence electrons. The highest BCUT2D eigenvalue weighted by atomic mass is 35.5. The second-order valence-electron chi connectivity index (χ2n) is 5.09. The summed E-state index contributed by atoms with van der Waals surface area (Å²) >= 11 is 6.24. The Balaban J connectivity index is 2.17. The van der Waals surface area contributed by atoms with Crippen LogP contribution in [0.2, 0.25) is 5.02 Å². The molecule has 1 unspecified atom stereocenters. The molecular weight excluding hydrogens is 274 g/mol. The molecule has 0 saturated heterocycles. The largest absolute Gasteiger partial charge is 0.487 e. The topological polar surface area (TPSA) is 53.1 Å². The van der Waals surface area contributed by atoms with Crippen LogP contribution in [0.1, 0.15) is 23.9 Å². The molecule has 0 amide bonds. The van der Waals surface area contributed by atoms with Gasteiger partial charge in [-0.3, -0.25) is 4.68 Å². The van der Waals surface area contributed by atoms with E-state index in [-0.39, 0.29) is 6.04 Å². The standard InChI is InChI=1S/C15H20ClN3O/c1-10(17)7-13-14(16)5-4-6-15(13)20-9-12-8-11(2)18-19(12)3/h4-6,8,10H,7,9,17H2,1-3H3. The maximum Gasteiger partial charge on any atom is 0.130 e. The van der Waals surface area contributed by atoms with Gasteiger partial charge in [0.15, 0.2) is 0 Å². The lowest BCUT2D eigenvalue weighted by atomic mass is 10.1. The molecule has 0 bridgehead atoms. The predicted octanol–water partition coefficient (Wildman–Crippen LogP) is 2.85. The molecule has 0 spiro atoms. The van der Waals surface area contributed by atoms with Gasteiger partial charge in [-0.15, -0.1) is 0 Å². The fourth-order valence-electron chi connectivity index (χ4n) is 2.15. The van der Waals surface area contributed by atoms with E-state index in [1.807, 2.05) is 49.8 Å². The molecule has 1 heterocycles. The summed E-state index contributed by atoms with van der Waals surface area (Å²) in [5.41, 5.74) is 8.83. The summed E-state index contributed by atoms with van der Waals surface area (Å²) in [6, 6.07) is 7.72. The van der Waals surface area contributed by atoms with Crippen molar-refractivity contribution in [3.05, 3.63) is 46.2 Å². The summed E-state index contributed by atoms with van der Waals surface area (Å²) in [4.78, 5) is 0. The minimum atomic E-state index is 0.0381. The first-order valence-corrected chi connectivity index (χ1v) is 7.00. The van der Waals surface area contributed by atoms with Gasteiger partial charge < -0.3 is 10.5 Å². The minimum Gasteiger partial charge on any atom is -0.487 e. The normalized spacial score (nSPS) is 12.4. The smallest absolute Gasteiger partial charge is 0.130 e. The maximum atomic E-state index is 6.24. The van der Waals surface area contributed by atoms with Gasteiger partial charge in [0.2, 0.25) is 0 Å². The maximum absolute atomic E-state index is 6.24. The molecule has 2 N–H and O–H groups in total. The summed E-state index contributed by atoms with van der Waals surface area (Å²) in [6.07, 6.45) is 0.694. The van der Waals surface area contributed by atoms with Gasteiger partial charge in [0.1, 0.15) is 12.4 Å². The first-order chi connectivity index (χ1) is 9.47. The van der Waals surface area contributed by atoms with Crippen LogP contribution in [0, 0.1) is 6.92 Å². The van der Waals surface area contributed by atoms with Crippen LogP contribution in [0.25, 0.3) is 0 Å². The Bertz CT molecular complexity index is 593. The number of nitrogens with zero attached hydrogens (tertiary/aromatic N) is 2. The number of aryl methyl sites for hydroxylation is 2. The van der Waals surface area contributed by atoms with Crippen molar-refractivity contribution in [3.63, 3.8) is 0 Å². The van der Waals surface area contributed by atoms with E-state index in [0.717, 1.165) is 22.7 Å². The number of nitrogens with two attached hydrogens (primary N) is 1. The third kappa shape index (κ3) is 3.52. The summed E-state index contributed by atoms with van der Waals surface area (Å²) in [6.45, 7) is 4.38. The molecule has 1 atom stereocenters. The Labute approximate surface area is 124 Å². The van der Waals surface area contributed by atoms with E-state index in [4.69, 9.17) is 22.1 Å². The minimum absolute atomic E-state index is 0.0381. The van der Waals surface area contributed by atoms with Crippen molar-refractivity contribution in [2.24, 2.45) is 12.8 Å². The van der Waals surface area contributed by atoms with Gasteiger partial charge in [0.25, 0.3) is 0 Å². The van der Waals surface area contributed by atoms with E-state index < -0.39 is 0 Å². The molecule has 1 aromatic carbocycles. The van der Waals surface area contributed by atoms with Gasteiger partial charge in [0, 0.05) is 23.7 Å². The highest BCUT2D eigenvalue weighted by molar-refractivity contribution is 6.31. The van der Waals surface area contributed by atoms with Gasteiger partial charge >= 0.3 is 0 Å². The molecule has 0 aliphatic rings. The predicted molar refractivity (Wildman–Crippen MR) is 81.1 cm³/mol. The fraction of sp³-hybridized carbons (Fsp3) is 0.400. The zero-order chi connectivity index (χ0) is 14.7. The fourth-order valence-corrected chi connectivity index (χ4v) is 2.39. The first kappa shape index (κ1) is 14.9. The first-order valence-electron chi connectivity index (χ1n) is 6.62.